The van der Waals surface area contributed by atoms with Gasteiger partial charge in [0, 0.05) is 11.8 Å². The molecule has 0 N–H and O–H groups in total. The van der Waals surface area contributed by atoms with Crippen LogP contribution in [0.3, 0.4) is 0 Å². The van der Waals surface area contributed by atoms with E-state index in [1.54, 1.807) is 6.07 Å². The molecule has 0 spiro atoms. The van der Waals surface area contributed by atoms with Crippen molar-refractivity contribution in [2.24, 2.45) is 0 Å². The number of nitrogens with zero attached hydrogens (tertiary/aromatic N) is 2. The highest BCUT2D eigenvalue weighted by molar-refractivity contribution is 6.36. The largest absolute Gasteiger partial charge is 0.481 e. The lowest BCUT2D eigenvalue weighted by Gasteiger charge is -2.32. The van der Waals surface area contributed by atoms with Crippen molar-refractivity contribution in [2.45, 2.75) is 19.4 Å². The van der Waals surface area contributed by atoms with Crippen LogP contribution in [-0.4, -0.2) is 9.38 Å². The standard InChI is InChI=1S/C16H12Cl2N2O/c1-16(2)14-13(10-5-3-4-6-12(10)21-16)19-15-11(18)7-9(17)8-20(14)15/h3-8H,1-2H3. The summed E-state index contributed by atoms with van der Waals surface area (Å²) in [6.07, 6.45) is 1.83. The number of hydrogen-bond acceptors (Lipinski definition) is 2. The summed E-state index contributed by atoms with van der Waals surface area (Å²) in [5, 5.41) is 1.10. The molecule has 4 rings (SSSR count). The Kier molecular flexibility index (Phi) is 2.57. The second kappa shape index (κ2) is 4.15. The van der Waals surface area contributed by atoms with Gasteiger partial charge in [-0.1, -0.05) is 35.3 Å². The first-order valence-electron chi connectivity index (χ1n) is 6.63. The minimum Gasteiger partial charge on any atom is -0.481 e. The van der Waals surface area contributed by atoms with Crippen LogP contribution in [0.1, 0.15) is 19.5 Å². The number of rotatable bonds is 0. The summed E-state index contributed by atoms with van der Waals surface area (Å²) in [6.45, 7) is 4.04. The summed E-state index contributed by atoms with van der Waals surface area (Å²) in [6, 6.07) is 9.60. The van der Waals surface area contributed by atoms with Gasteiger partial charge in [0.25, 0.3) is 0 Å². The predicted octanol–water partition coefficient (Wildman–Crippen LogP) is 4.94. The fourth-order valence-electron chi connectivity index (χ4n) is 2.91. The van der Waals surface area contributed by atoms with Crippen LogP contribution in [0.5, 0.6) is 5.75 Å². The second-order valence-corrected chi connectivity index (χ2v) is 6.46. The Balaban J connectivity index is 2.17. The van der Waals surface area contributed by atoms with Gasteiger partial charge in [-0.05, 0) is 32.0 Å². The number of halogens is 2. The first kappa shape index (κ1) is 13.0. The fourth-order valence-corrected chi connectivity index (χ4v) is 3.42. The maximum atomic E-state index is 6.29. The Morgan fingerprint density at radius 2 is 1.95 bits per heavy atom. The van der Waals surface area contributed by atoms with Gasteiger partial charge in [-0.2, -0.15) is 0 Å². The Morgan fingerprint density at radius 1 is 1.19 bits per heavy atom. The van der Waals surface area contributed by atoms with E-state index in [-0.39, 0.29) is 0 Å². The van der Waals surface area contributed by atoms with E-state index in [0.717, 1.165) is 22.7 Å². The van der Waals surface area contributed by atoms with E-state index < -0.39 is 5.60 Å². The number of pyridine rings is 1. The SMILES string of the molecule is CC1(C)Oc2ccccc2-c2nc3c(Cl)cc(Cl)cn3c21. The maximum Gasteiger partial charge on any atom is 0.156 e. The summed E-state index contributed by atoms with van der Waals surface area (Å²) < 4.78 is 8.07. The molecule has 1 aliphatic rings. The number of aromatic nitrogens is 2. The molecule has 1 aliphatic heterocycles. The van der Waals surface area contributed by atoms with Crippen LogP contribution in [-0.2, 0) is 5.60 Å². The van der Waals surface area contributed by atoms with Crippen molar-refractivity contribution < 1.29 is 4.74 Å². The van der Waals surface area contributed by atoms with E-state index >= 15 is 0 Å². The minimum atomic E-state index is -0.517. The lowest BCUT2D eigenvalue weighted by molar-refractivity contribution is 0.0996. The molecule has 0 saturated heterocycles. The van der Waals surface area contributed by atoms with Crippen molar-refractivity contribution in [3.63, 3.8) is 0 Å². The monoisotopic (exact) mass is 318 g/mol. The zero-order valence-corrected chi connectivity index (χ0v) is 13.0. The lowest BCUT2D eigenvalue weighted by atomic mass is 9.95. The summed E-state index contributed by atoms with van der Waals surface area (Å²) in [5.74, 6) is 0.834. The van der Waals surface area contributed by atoms with E-state index in [4.69, 9.17) is 32.9 Å². The quantitative estimate of drug-likeness (QED) is 0.587. The lowest BCUT2D eigenvalue weighted by Crippen LogP contribution is -2.30. The molecule has 0 amide bonds. The number of para-hydroxylation sites is 1. The van der Waals surface area contributed by atoms with Crippen LogP contribution in [0.2, 0.25) is 10.0 Å². The first-order chi connectivity index (χ1) is 9.97. The normalized spacial score (nSPS) is 15.4. The van der Waals surface area contributed by atoms with Gasteiger partial charge in [-0.15, -0.1) is 0 Å². The summed E-state index contributed by atoms with van der Waals surface area (Å²) >= 11 is 12.4. The minimum absolute atomic E-state index is 0.517. The molecular formula is C16H12Cl2N2O. The Labute approximate surface area is 132 Å². The molecular weight excluding hydrogens is 307 g/mol. The molecule has 3 aromatic rings. The van der Waals surface area contributed by atoms with Gasteiger partial charge >= 0.3 is 0 Å². The van der Waals surface area contributed by atoms with E-state index in [1.165, 1.54) is 0 Å². The molecule has 0 atom stereocenters. The molecule has 3 heterocycles. The maximum absolute atomic E-state index is 6.29. The topological polar surface area (TPSA) is 26.5 Å². The van der Waals surface area contributed by atoms with Gasteiger partial charge in [-0.25, -0.2) is 4.98 Å². The molecule has 0 radical (unpaired) electrons. The molecule has 0 unspecified atom stereocenters. The van der Waals surface area contributed by atoms with Gasteiger partial charge in [-0.3, -0.25) is 4.40 Å². The molecule has 5 heteroatoms. The fraction of sp³-hybridized carbons (Fsp3) is 0.188. The summed E-state index contributed by atoms with van der Waals surface area (Å²) in [7, 11) is 0. The summed E-state index contributed by atoms with van der Waals surface area (Å²) in [4.78, 5) is 4.72. The number of hydrogen-bond donors (Lipinski definition) is 0. The number of ether oxygens (including phenoxy) is 1. The van der Waals surface area contributed by atoms with Gasteiger partial charge in [0.05, 0.1) is 15.7 Å². The van der Waals surface area contributed by atoms with Gasteiger partial charge in [0.2, 0.25) is 0 Å². The van der Waals surface area contributed by atoms with Crippen molar-refractivity contribution in [3.05, 3.63) is 52.3 Å². The number of fused-ring (bicyclic) bond motifs is 5. The highest BCUT2D eigenvalue weighted by atomic mass is 35.5. The van der Waals surface area contributed by atoms with Crippen molar-refractivity contribution in [3.8, 4) is 17.0 Å². The Morgan fingerprint density at radius 3 is 2.76 bits per heavy atom. The number of benzene rings is 1. The van der Waals surface area contributed by atoms with E-state index in [0.29, 0.717) is 15.7 Å². The third-order valence-electron chi connectivity index (χ3n) is 3.72. The molecule has 1 aromatic carbocycles. The van der Waals surface area contributed by atoms with Crippen molar-refractivity contribution in [2.75, 3.05) is 0 Å². The zero-order valence-electron chi connectivity index (χ0n) is 11.5. The molecule has 21 heavy (non-hydrogen) atoms. The van der Waals surface area contributed by atoms with Crippen molar-refractivity contribution in [1.29, 1.82) is 0 Å². The molecule has 0 saturated carbocycles. The molecule has 3 nitrogen and oxygen atoms in total. The third-order valence-corrected chi connectivity index (χ3v) is 4.20. The summed E-state index contributed by atoms with van der Waals surface area (Å²) in [5.41, 5.74) is 3.01. The molecule has 0 aliphatic carbocycles. The van der Waals surface area contributed by atoms with Crippen molar-refractivity contribution in [1.82, 2.24) is 9.38 Å². The van der Waals surface area contributed by atoms with Gasteiger partial charge < -0.3 is 4.74 Å². The molecule has 106 valence electrons. The predicted molar refractivity (Wildman–Crippen MR) is 84.3 cm³/mol. The van der Waals surface area contributed by atoms with E-state index in [1.807, 2.05) is 48.7 Å². The Hall–Kier alpha value is -1.71. The Bertz CT molecular complexity index is 883. The van der Waals surface area contributed by atoms with Crippen LogP contribution < -0.4 is 4.74 Å². The molecule has 0 bridgehead atoms. The third kappa shape index (κ3) is 1.78. The van der Waals surface area contributed by atoms with Crippen LogP contribution in [0.25, 0.3) is 16.9 Å². The average molecular weight is 319 g/mol. The highest BCUT2D eigenvalue weighted by Gasteiger charge is 2.37. The number of imidazole rings is 1. The van der Waals surface area contributed by atoms with Gasteiger partial charge in [0.15, 0.2) is 5.65 Å². The first-order valence-corrected chi connectivity index (χ1v) is 7.39. The van der Waals surface area contributed by atoms with E-state index in [9.17, 15) is 0 Å². The second-order valence-electron chi connectivity index (χ2n) is 5.62. The molecule has 0 fully saturated rings. The molecule has 2 aromatic heterocycles. The van der Waals surface area contributed by atoms with Crippen molar-refractivity contribution >= 4 is 28.8 Å². The average Bonchev–Trinajstić information content (AvgIpc) is 2.79. The van der Waals surface area contributed by atoms with Crippen LogP contribution in [0.4, 0.5) is 0 Å². The van der Waals surface area contributed by atoms with Crippen LogP contribution in [0, 0.1) is 0 Å². The van der Waals surface area contributed by atoms with E-state index in [2.05, 4.69) is 0 Å². The zero-order chi connectivity index (χ0) is 14.8. The van der Waals surface area contributed by atoms with Crippen LogP contribution >= 0.6 is 23.2 Å². The smallest absolute Gasteiger partial charge is 0.156 e. The van der Waals surface area contributed by atoms with Crippen LogP contribution in [0.15, 0.2) is 36.5 Å². The highest BCUT2D eigenvalue weighted by Crippen LogP contribution is 2.45. The van der Waals surface area contributed by atoms with Gasteiger partial charge in [0.1, 0.15) is 17.0 Å².